The van der Waals surface area contributed by atoms with Crippen LogP contribution in [0.5, 0.6) is 5.75 Å². The van der Waals surface area contributed by atoms with Gasteiger partial charge in [0.05, 0.1) is 13.7 Å². The number of methoxy groups -OCH3 is 1. The van der Waals surface area contributed by atoms with E-state index in [0.29, 0.717) is 6.54 Å². The first-order valence-electron chi connectivity index (χ1n) is 8.26. The summed E-state index contributed by atoms with van der Waals surface area (Å²) in [7, 11) is 1.64. The van der Waals surface area contributed by atoms with Crippen molar-refractivity contribution in [1.29, 1.82) is 0 Å². The van der Waals surface area contributed by atoms with Crippen LogP contribution in [0.25, 0.3) is 0 Å². The largest absolute Gasteiger partial charge is 0.497 e. The number of rotatable bonds is 6. The van der Waals surface area contributed by atoms with Crippen molar-refractivity contribution in [3.05, 3.63) is 29.8 Å². The van der Waals surface area contributed by atoms with Crippen LogP contribution in [0.2, 0.25) is 0 Å². The first kappa shape index (κ1) is 17.3. The van der Waals surface area contributed by atoms with E-state index in [1.807, 2.05) is 29.2 Å². The van der Waals surface area contributed by atoms with Crippen LogP contribution in [-0.4, -0.2) is 54.9 Å². The van der Waals surface area contributed by atoms with E-state index in [4.69, 9.17) is 4.74 Å². The lowest BCUT2D eigenvalue weighted by Crippen LogP contribution is -2.44. The van der Waals surface area contributed by atoms with Gasteiger partial charge < -0.3 is 14.5 Å². The number of nitrogens with zero attached hydrogens (tertiary/aromatic N) is 2. The number of hydrogen-bond donors (Lipinski definition) is 0. The van der Waals surface area contributed by atoms with Gasteiger partial charge in [0, 0.05) is 26.6 Å². The Kier molecular flexibility index (Phi) is 6.44. The van der Waals surface area contributed by atoms with Crippen molar-refractivity contribution in [2.24, 2.45) is 0 Å². The van der Waals surface area contributed by atoms with E-state index in [9.17, 15) is 9.59 Å². The van der Waals surface area contributed by atoms with Gasteiger partial charge >= 0.3 is 0 Å². The van der Waals surface area contributed by atoms with E-state index in [0.717, 1.165) is 43.7 Å². The minimum Gasteiger partial charge on any atom is -0.497 e. The topological polar surface area (TPSA) is 49.9 Å². The second-order valence-electron chi connectivity index (χ2n) is 5.98. The van der Waals surface area contributed by atoms with Gasteiger partial charge in [0.25, 0.3) is 0 Å². The molecule has 1 saturated heterocycles. The number of carbonyl (C=O) groups is 2. The number of piperidine rings is 1. The first-order valence-corrected chi connectivity index (χ1v) is 8.26. The van der Waals surface area contributed by atoms with E-state index < -0.39 is 0 Å². The summed E-state index contributed by atoms with van der Waals surface area (Å²) < 4.78 is 5.14. The number of carbonyl (C=O) groups excluding carboxylic acids is 2. The van der Waals surface area contributed by atoms with Crippen molar-refractivity contribution in [2.75, 3.05) is 33.3 Å². The van der Waals surface area contributed by atoms with E-state index in [-0.39, 0.29) is 18.4 Å². The molecule has 126 valence electrons. The summed E-state index contributed by atoms with van der Waals surface area (Å²) in [5, 5.41) is 0. The van der Waals surface area contributed by atoms with Gasteiger partial charge in [0.1, 0.15) is 5.75 Å². The Morgan fingerprint density at radius 3 is 2.35 bits per heavy atom. The molecule has 23 heavy (non-hydrogen) atoms. The number of benzene rings is 1. The Bertz CT molecular complexity index is 522. The smallest absolute Gasteiger partial charge is 0.242 e. The predicted octanol–water partition coefficient (Wildman–Crippen LogP) is 2.10. The average Bonchev–Trinajstić information content (AvgIpc) is 2.59. The number of ether oxygens (including phenoxy) is 1. The molecule has 1 aromatic rings. The molecule has 5 heteroatoms. The Labute approximate surface area is 138 Å². The zero-order valence-electron chi connectivity index (χ0n) is 14.1. The summed E-state index contributed by atoms with van der Waals surface area (Å²) in [6.07, 6.45) is 4.06. The minimum absolute atomic E-state index is 0.0520. The van der Waals surface area contributed by atoms with Crippen LogP contribution < -0.4 is 4.74 Å². The highest BCUT2D eigenvalue weighted by molar-refractivity contribution is 5.83. The lowest BCUT2D eigenvalue weighted by atomic mass is 10.1. The molecule has 1 fully saturated rings. The molecule has 0 spiro atoms. The lowest BCUT2D eigenvalue weighted by Gasteiger charge is -2.29. The molecule has 0 saturated carbocycles. The molecule has 5 nitrogen and oxygen atoms in total. The van der Waals surface area contributed by atoms with Gasteiger partial charge in [-0.3, -0.25) is 9.59 Å². The van der Waals surface area contributed by atoms with E-state index in [2.05, 4.69) is 0 Å². The SMILES string of the molecule is COc1ccc(CCN(CC(=O)N2CCCCC2)C(C)=O)cc1. The van der Waals surface area contributed by atoms with Crippen LogP contribution in [0.1, 0.15) is 31.7 Å². The Hall–Kier alpha value is -2.04. The third-order valence-electron chi connectivity index (χ3n) is 4.31. The normalized spacial score (nSPS) is 14.4. The highest BCUT2D eigenvalue weighted by Gasteiger charge is 2.20. The second-order valence-corrected chi connectivity index (χ2v) is 5.98. The van der Waals surface area contributed by atoms with Crippen molar-refractivity contribution in [1.82, 2.24) is 9.80 Å². The number of amides is 2. The summed E-state index contributed by atoms with van der Waals surface area (Å²) in [4.78, 5) is 27.7. The van der Waals surface area contributed by atoms with Crippen LogP contribution in [0.3, 0.4) is 0 Å². The van der Waals surface area contributed by atoms with E-state index in [1.165, 1.54) is 13.3 Å². The molecule has 0 bridgehead atoms. The fourth-order valence-electron chi connectivity index (χ4n) is 2.81. The molecule has 1 aliphatic heterocycles. The van der Waals surface area contributed by atoms with Crippen molar-refractivity contribution in [3.8, 4) is 5.75 Å². The summed E-state index contributed by atoms with van der Waals surface area (Å²) in [6.45, 7) is 3.91. The van der Waals surface area contributed by atoms with Crippen molar-refractivity contribution >= 4 is 11.8 Å². The van der Waals surface area contributed by atoms with E-state index >= 15 is 0 Å². The zero-order valence-corrected chi connectivity index (χ0v) is 14.1. The summed E-state index contributed by atoms with van der Waals surface area (Å²) >= 11 is 0. The molecular formula is C18H26N2O3. The van der Waals surface area contributed by atoms with Crippen molar-refractivity contribution in [3.63, 3.8) is 0 Å². The summed E-state index contributed by atoms with van der Waals surface area (Å²) in [5.41, 5.74) is 1.13. The van der Waals surface area contributed by atoms with Crippen LogP contribution in [0.15, 0.2) is 24.3 Å². The van der Waals surface area contributed by atoms with Gasteiger partial charge in [-0.15, -0.1) is 0 Å². The minimum atomic E-state index is -0.0520. The molecule has 0 unspecified atom stereocenters. The Morgan fingerprint density at radius 2 is 1.78 bits per heavy atom. The molecule has 2 amide bonds. The lowest BCUT2D eigenvalue weighted by molar-refractivity contribution is -0.140. The second kappa shape index (κ2) is 8.56. The zero-order chi connectivity index (χ0) is 16.7. The maximum absolute atomic E-state index is 12.3. The van der Waals surface area contributed by atoms with Gasteiger partial charge in [0.2, 0.25) is 11.8 Å². The molecule has 0 radical (unpaired) electrons. The highest BCUT2D eigenvalue weighted by Crippen LogP contribution is 2.13. The molecule has 0 aromatic heterocycles. The maximum Gasteiger partial charge on any atom is 0.242 e. The Morgan fingerprint density at radius 1 is 1.13 bits per heavy atom. The number of likely N-dealkylation sites (tertiary alicyclic amines) is 1. The van der Waals surface area contributed by atoms with Crippen molar-refractivity contribution < 1.29 is 14.3 Å². The Balaban J connectivity index is 1.87. The van der Waals surface area contributed by atoms with E-state index in [1.54, 1.807) is 12.0 Å². The van der Waals surface area contributed by atoms with Crippen LogP contribution >= 0.6 is 0 Å². The van der Waals surface area contributed by atoms with Crippen molar-refractivity contribution in [2.45, 2.75) is 32.6 Å². The van der Waals surface area contributed by atoms with Gasteiger partial charge in [-0.25, -0.2) is 0 Å². The highest BCUT2D eigenvalue weighted by atomic mass is 16.5. The molecule has 0 atom stereocenters. The predicted molar refractivity (Wildman–Crippen MR) is 89.4 cm³/mol. The van der Waals surface area contributed by atoms with Gasteiger partial charge in [-0.2, -0.15) is 0 Å². The summed E-state index contributed by atoms with van der Waals surface area (Å²) in [6, 6.07) is 7.80. The molecule has 1 aliphatic rings. The summed E-state index contributed by atoms with van der Waals surface area (Å²) in [5.74, 6) is 0.830. The van der Waals surface area contributed by atoms with Crippen LogP contribution in [0, 0.1) is 0 Å². The fourth-order valence-corrected chi connectivity index (χ4v) is 2.81. The van der Waals surface area contributed by atoms with Crippen LogP contribution in [0.4, 0.5) is 0 Å². The monoisotopic (exact) mass is 318 g/mol. The molecule has 0 aliphatic carbocycles. The van der Waals surface area contributed by atoms with Crippen LogP contribution in [-0.2, 0) is 16.0 Å². The quantitative estimate of drug-likeness (QED) is 0.807. The molecular weight excluding hydrogens is 292 g/mol. The molecule has 1 aromatic carbocycles. The first-order chi connectivity index (χ1) is 11.1. The molecule has 1 heterocycles. The third kappa shape index (κ3) is 5.27. The van der Waals surface area contributed by atoms with Gasteiger partial charge in [-0.05, 0) is 43.4 Å². The van der Waals surface area contributed by atoms with Gasteiger partial charge in [-0.1, -0.05) is 12.1 Å². The third-order valence-corrected chi connectivity index (χ3v) is 4.31. The maximum atomic E-state index is 12.3. The standard InChI is InChI=1S/C18H26N2O3/c1-15(21)20(14-18(22)19-11-4-3-5-12-19)13-10-16-6-8-17(23-2)9-7-16/h6-9H,3-5,10-14H2,1-2H3. The van der Waals surface area contributed by atoms with Gasteiger partial charge in [0.15, 0.2) is 0 Å². The average molecular weight is 318 g/mol. The fraction of sp³-hybridized carbons (Fsp3) is 0.556. The molecule has 2 rings (SSSR count). The molecule has 0 N–H and O–H groups in total. The number of hydrogen-bond acceptors (Lipinski definition) is 3.